The van der Waals surface area contributed by atoms with E-state index in [1.54, 1.807) is 11.3 Å². The van der Waals surface area contributed by atoms with Gasteiger partial charge >= 0.3 is 0 Å². The Kier molecular flexibility index (Phi) is 7.91. The molecule has 0 spiro atoms. The molecule has 38 heavy (non-hydrogen) atoms. The highest BCUT2D eigenvalue weighted by atomic mass is 32.2. The molecule has 1 aromatic heterocycles. The highest BCUT2D eigenvalue weighted by Crippen LogP contribution is 2.38. The van der Waals surface area contributed by atoms with Crippen molar-refractivity contribution in [2.75, 3.05) is 38.6 Å². The Morgan fingerprint density at radius 1 is 1.18 bits per heavy atom. The molecule has 5 rings (SSSR count). The van der Waals surface area contributed by atoms with Gasteiger partial charge in [-0.3, -0.25) is 4.90 Å². The van der Waals surface area contributed by atoms with Crippen LogP contribution in [0, 0.1) is 11.3 Å². The zero-order valence-corrected chi connectivity index (χ0v) is 23.1. The highest BCUT2D eigenvalue weighted by Gasteiger charge is 2.25. The van der Waals surface area contributed by atoms with Gasteiger partial charge in [0.2, 0.25) is 0 Å². The summed E-state index contributed by atoms with van der Waals surface area (Å²) in [5, 5.41) is 10.4. The van der Waals surface area contributed by atoms with Crippen molar-refractivity contribution >= 4 is 27.1 Å². The van der Waals surface area contributed by atoms with Gasteiger partial charge in [0.05, 0.1) is 41.2 Å². The number of nitriles is 1. The maximum atomic E-state index is 12.8. The van der Waals surface area contributed by atoms with Crippen LogP contribution in [0.3, 0.4) is 0 Å². The van der Waals surface area contributed by atoms with Gasteiger partial charge in [-0.2, -0.15) is 9.66 Å². The van der Waals surface area contributed by atoms with E-state index >= 15 is 0 Å². The Morgan fingerprint density at radius 2 is 1.97 bits per heavy atom. The van der Waals surface area contributed by atoms with Crippen LogP contribution in [0.5, 0.6) is 5.75 Å². The summed E-state index contributed by atoms with van der Waals surface area (Å²) in [6, 6.07) is 13.7. The number of thiazole rings is 1. The van der Waals surface area contributed by atoms with E-state index in [2.05, 4.69) is 20.4 Å². The first kappa shape index (κ1) is 26.5. The molecule has 2 aliphatic rings. The largest absolute Gasteiger partial charge is 0.490 e. The van der Waals surface area contributed by atoms with Crippen molar-refractivity contribution in [1.29, 1.82) is 5.26 Å². The monoisotopic (exact) mass is 550 g/mol. The number of hydrogen-bond donors (Lipinski definition) is 0. The van der Waals surface area contributed by atoms with E-state index in [4.69, 9.17) is 9.47 Å². The molecular weight excluding hydrogens is 520 g/mol. The molecule has 0 N–H and O–H groups in total. The second-order valence-electron chi connectivity index (χ2n) is 9.63. The molecule has 0 radical (unpaired) electrons. The van der Waals surface area contributed by atoms with Gasteiger partial charge in [0.1, 0.15) is 16.8 Å². The van der Waals surface area contributed by atoms with Gasteiger partial charge in [-0.05, 0) is 56.0 Å². The average molecular weight is 551 g/mol. The molecule has 1 aliphatic heterocycles. The summed E-state index contributed by atoms with van der Waals surface area (Å²) in [5.41, 5.74) is 5.01. The molecule has 8 nitrogen and oxygen atoms in total. The minimum atomic E-state index is -3.58. The van der Waals surface area contributed by atoms with Crippen LogP contribution in [0.1, 0.15) is 37.0 Å². The second-order valence-corrected chi connectivity index (χ2v) is 12.4. The van der Waals surface area contributed by atoms with E-state index in [0.29, 0.717) is 43.2 Å². The Hall–Kier alpha value is -3.10. The summed E-state index contributed by atoms with van der Waals surface area (Å²) in [7, 11) is -3.58. The molecule has 0 saturated carbocycles. The number of sulfonamides is 1. The summed E-state index contributed by atoms with van der Waals surface area (Å²) < 4.78 is 40.9. The SMILES string of the molecule is CC(C)Oc1ccc(-c2ncc(-c3cccc4c3CC/C4=N/S(=O)(=O)CCN3CCOCC3)s2)cc1C#N. The van der Waals surface area contributed by atoms with Gasteiger partial charge in [-0.1, -0.05) is 18.2 Å². The zero-order chi connectivity index (χ0) is 26.7. The van der Waals surface area contributed by atoms with E-state index in [9.17, 15) is 13.7 Å². The van der Waals surface area contributed by atoms with Crippen LogP contribution >= 0.6 is 11.3 Å². The number of benzene rings is 2. The van der Waals surface area contributed by atoms with E-state index in [0.717, 1.165) is 51.6 Å². The minimum absolute atomic E-state index is 0.00934. The number of ether oxygens (including phenoxy) is 2. The first-order valence-electron chi connectivity index (χ1n) is 12.7. The molecule has 3 aromatic rings. The number of morpholine rings is 1. The summed E-state index contributed by atoms with van der Waals surface area (Å²) in [5.74, 6) is 0.575. The fraction of sp³-hybridized carbons (Fsp3) is 0.393. The smallest absolute Gasteiger partial charge is 0.254 e. The Bertz CT molecular complexity index is 1500. The van der Waals surface area contributed by atoms with Crippen LogP contribution in [0.2, 0.25) is 0 Å². The van der Waals surface area contributed by atoms with E-state index in [1.807, 2.05) is 56.4 Å². The molecule has 2 heterocycles. The van der Waals surface area contributed by atoms with E-state index < -0.39 is 10.0 Å². The summed E-state index contributed by atoms with van der Waals surface area (Å²) in [4.78, 5) is 7.73. The van der Waals surface area contributed by atoms with Crippen LogP contribution in [0.4, 0.5) is 0 Å². The Balaban J connectivity index is 1.37. The summed E-state index contributed by atoms with van der Waals surface area (Å²) in [6.45, 7) is 7.11. The zero-order valence-electron chi connectivity index (χ0n) is 21.5. The molecule has 0 unspecified atom stereocenters. The van der Waals surface area contributed by atoms with Gasteiger partial charge in [-0.25, -0.2) is 13.4 Å². The van der Waals surface area contributed by atoms with Crippen molar-refractivity contribution in [3.05, 3.63) is 59.3 Å². The van der Waals surface area contributed by atoms with Crippen LogP contribution in [-0.4, -0.2) is 68.7 Å². The molecule has 2 aromatic carbocycles. The van der Waals surface area contributed by atoms with Crippen molar-refractivity contribution in [3.63, 3.8) is 0 Å². The van der Waals surface area contributed by atoms with Gasteiger partial charge in [0, 0.05) is 37.0 Å². The van der Waals surface area contributed by atoms with Crippen molar-refractivity contribution < 1.29 is 17.9 Å². The minimum Gasteiger partial charge on any atom is -0.490 e. The third-order valence-electron chi connectivity index (χ3n) is 6.60. The van der Waals surface area contributed by atoms with Crippen LogP contribution in [0.25, 0.3) is 21.0 Å². The first-order valence-corrected chi connectivity index (χ1v) is 15.2. The van der Waals surface area contributed by atoms with E-state index in [-0.39, 0.29) is 11.9 Å². The van der Waals surface area contributed by atoms with Gasteiger partial charge in [-0.15, -0.1) is 11.3 Å². The maximum Gasteiger partial charge on any atom is 0.254 e. The van der Waals surface area contributed by atoms with Crippen molar-refractivity contribution in [1.82, 2.24) is 9.88 Å². The third-order valence-corrected chi connectivity index (χ3v) is 8.87. The topological polar surface area (TPSA) is 105 Å². The fourth-order valence-electron chi connectivity index (χ4n) is 4.75. The van der Waals surface area contributed by atoms with Gasteiger partial charge in [0.15, 0.2) is 0 Å². The number of nitrogens with zero attached hydrogens (tertiary/aromatic N) is 4. The second kappa shape index (κ2) is 11.3. The third kappa shape index (κ3) is 5.97. The molecule has 1 fully saturated rings. The van der Waals surface area contributed by atoms with Crippen LogP contribution in [-0.2, 0) is 21.2 Å². The summed E-state index contributed by atoms with van der Waals surface area (Å²) >= 11 is 1.55. The molecule has 0 bridgehead atoms. The van der Waals surface area contributed by atoms with Gasteiger partial charge < -0.3 is 9.47 Å². The number of rotatable bonds is 8. The number of hydrogen-bond acceptors (Lipinski definition) is 8. The van der Waals surface area contributed by atoms with Crippen LogP contribution in [0.15, 0.2) is 47.0 Å². The standard InChI is InChI=1S/C28H30N4O4S2/c1-19(2)36-26-9-6-20(16-21(26)17-29)28-30-18-27(37-28)24-5-3-4-23-22(24)7-8-25(23)31-38(33,34)15-12-32-10-13-35-14-11-32/h3-6,9,16,18-19H,7-8,10-15H2,1-2H3/b31-25-. The molecule has 0 atom stereocenters. The van der Waals surface area contributed by atoms with Crippen molar-refractivity contribution in [3.8, 4) is 32.8 Å². The lowest BCUT2D eigenvalue weighted by Crippen LogP contribution is -2.38. The lowest BCUT2D eigenvalue weighted by molar-refractivity contribution is 0.0408. The van der Waals surface area contributed by atoms with Gasteiger partial charge in [0.25, 0.3) is 10.0 Å². The predicted octanol–water partition coefficient (Wildman–Crippen LogP) is 4.53. The van der Waals surface area contributed by atoms with Crippen molar-refractivity contribution in [2.24, 2.45) is 4.40 Å². The quantitative estimate of drug-likeness (QED) is 0.406. The molecule has 1 aliphatic carbocycles. The average Bonchev–Trinajstić information content (AvgIpc) is 3.56. The first-order chi connectivity index (χ1) is 18.3. The lowest BCUT2D eigenvalue weighted by atomic mass is 10.0. The molecule has 198 valence electrons. The molecule has 0 amide bonds. The molecule has 1 saturated heterocycles. The maximum absolute atomic E-state index is 12.8. The number of fused-ring (bicyclic) bond motifs is 1. The normalized spacial score (nSPS) is 17.1. The summed E-state index contributed by atoms with van der Waals surface area (Å²) in [6.07, 6.45) is 3.15. The predicted molar refractivity (Wildman–Crippen MR) is 149 cm³/mol. The lowest BCUT2D eigenvalue weighted by Gasteiger charge is -2.25. The van der Waals surface area contributed by atoms with E-state index in [1.165, 1.54) is 0 Å². The Labute approximate surface area is 227 Å². The number of aromatic nitrogens is 1. The Morgan fingerprint density at radius 3 is 2.74 bits per heavy atom. The fourth-order valence-corrected chi connectivity index (χ4v) is 6.82. The molecule has 10 heteroatoms. The van der Waals surface area contributed by atoms with Crippen LogP contribution < -0.4 is 4.74 Å². The van der Waals surface area contributed by atoms with Crippen molar-refractivity contribution in [2.45, 2.75) is 32.8 Å². The molecular formula is C28H30N4O4S2. The highest BCUT2D eigenvalue weighted by molar-refractivity contribution is 7.90.